The molecule has 0 radical (unpaired) electrons. The Morgan fingerprint density at radius 2 is 2.00 bits per heavy atom. The molecule has 0 amide bonds. The van der Waals surface area contributed by atoms with E-state index in [1.807, 2.05) is 14.0 Å². The van der Waals surface area contributed by atoms with Crippen LogP contribution in [0.4, 0.5) is 13.2 Å². The van der Waals surface area contributed by atoms with Crippen LogP contribution in [0.2, 0.25) is 0 Å². The lowest BCUT2D eigenvalue weighted by molar-refractivity contribution is -0.274. The fourth-order valence-corrected chi connectivity index (χ4v) is 2.62. The molecule has 2 rings (SSSR count). The van der Waals surface area contributed by atoms with Crippen LogP contribution in [0.5, 0.6) is 5.75 Å². The van der Waals surface area contributed by atoms with Crippen LogP contribution in [0.15, 0.2) is 30.5 Å². The number of halogens is 3. The van der Waals surface area contributed by atoms with Gasteiger partial charge >= 0.3 is 6.36 Å². The highest BCUT2D eigenvalue weighted by Gasteiger charge is 2.32. The molecule has 0 aliphatic rings. The average Bonchev–Trinajstić information content (AvgIpc) is 2.86. The first-order valence-corrected chi connectivity index (χ1v) is 6.70. The third kappa shape index (κ3) is 3.49. The summed E-state index contributed by atoms with van der Waals surface area (Å²) in [7, 11) is 1.81. The van der Waals surface area contributed by atoms with E-state index >= 15 is 0 Å². The van der Waals surface area contributed by atoms with E-state index in [-0.39, 0.29) is 11.8 Å². The van der Waals surface area contributed by atoms with Crippen LogP contribution in [0.25, 0.3) is 10.6 Å². The third-order valence-electron chi connectivity index (χ3n) is 2.73. The molecule has 1 N–H and O–H groups in total. The second-order valence-corrected chi connectivity index (χ2v) is 5.18. The first-order valence-electron chi connectivity index (χ1n) is 5.89. The molecular weight excluding hydrogens is 289 g/mol. The number of nitrogens with one attached hydrogen (secondary N) is 1. The SMILES string of the molecule is CNC(C)c1cnc(-c2ccccc2OC(F)(F)F)s1. The van der Waals surface area contributed by atoms with Crippen LogP contribution in [-0.2, 0) is 0 Å². The molecule has 1 heterocycles. The zero-order valence-corrected chi connectivity index (χ0v) is 11.7. The fraction of sp³-hybridized carbons (Fsp3) is 0.308. The summed E-state index contributed by atoms with van der Waals surface area (Å²) in [6.45, 7) is 1.95. The zero-order chi connectivity index (χ0) is 14.8. The molecule has 108 valence electrons. The molecule has 3 nitrogen and oxygen atoms in total. The first kappa shape index (κ1) is 14.8. The molecule has 0 aliphatic heterocycles. The highest BCUT2D eigenvalue weighted by molar-refractivity contribution is 7.15. The molecule has 2 aromatic rings. The van der Waals surface area contributed by atoms with Gasteiger partial charge in [-0.3, -0.25) is 0 Å². The van der Waals surface area contributed by atoms with E-state index in [1.54, 1.807) is 18.3 Å². The van der Waals surface area contributed by atoms with Gasteiger partial charge in [0.15, 0.2) is 0 Å². The molecule has 1 unspecified atom stereocenters. The predicted molar refractivity (Wildman–Crippen MR) is 71.7 cm³/mol. The minimum absolute atomic E-state index is 0.0944. The Hall–Kier alpha value is -1.60. The smallest absolute Gasteiger partial charge is 0.405 e. The van der Waals surface area contributed by atoms with Crippen LogP contribution in [-0.4, -0.2) is 18.4 Å². The van der Waals surface area contributed by atoms with E-state index in [9.17, 15) is 13.2 Å². The third-order valence-corrected chi connectivity index (χ3v) is 3.94. The molecule has 1 aromatic carbocycles. The number of rotatable bonds is 4. The molecule has 1 atom stereocenters. The topological polar surface area (TPSA) is 34.2 Å². The van der Waals surface area contributed by atoms with Gasteiger partial charge in [0.2, 0.25) is 0 Å². The van der Waals surface area contributed by atoms with E-state index in [2.05, 4.69) is 15.0 Å². The van der Waals surface area contributed by atoms with Crippen molar-refractivity contribution in [1.82, 2.24) is 10.3 Å². The zero-order valence-electron chi connectivity index (χ0n) is 10.9. The largest absolute Gasteiger partial charge is 0.573 e. The molecule has 0 aliphatic carbocycles. The number of ether oxygens (including phenoxy) is 1. The van der Waals surface area contributed by atoms with Crippen molar-refractivity contribution < 1.29 is 17.9 Å². The van der Waals surface area contributed by atoms with Crippen molar-refractivity contribution in [1.29, 1.82) is 0 Å². The molecule has 7 heteroatoms. The van der Waals surface area contributed by atoms with Crippen molar-refractivity contribution in [3.63, 3.8) is 0 Å². The number of nitrogens with zero attached hydrogens (tertiary/aromatic N) is 1. The lowest BCUT2D eigenvalue weighted by atomic mass is 10.2. The normalized spacial score (nSPS) is 13.2. The Labute approximate surface area is 118 Å². The Morgan fingerprint density at radius 1 is 1.30 bits per heavy atom. The highest BCUT2D eigenvalue weighted by Crippen LogP contribution is 2.36. The summed E-state index contributed by atoms with van der Waals surface area (Å²) in [5, 5.41) is 3.56. The highest BCUT2D eigenvalue weighted by atomic mass is 32.1. The molecule has 0 bridgehead atoms. The molecule has 20 heavy (non-hydrogen) atoms. The van der Waals surface area contributed by atoms with Crippen LogP contribution < -0.4 is 10.1 Å². The maximum atomic E-state index is 12.4. The maximum Gasteiger partial charge on any atom is 0.573 e. The lowest BCUT2D eigenvalue weighted by Crippen LogP contribution is -2.17. The summed E-state index contributed by atoms with van der Waals surface area (Å²) in [4.78, 5) is 5.13. The van der Waals surface area contributed by atoms with Gasteiger partial charge < -0.3 is 10.1 Å². The van der Waals surface area contributed by atoms with Gasteiger partial charge in [0.25, 0.3) is 0 Å². The van der Waals surface area contributed by atoms with Crippen molar-refractivity contribution in [2.75, 3.05) is 7.05 Å². The summed E-state index contributed by atoms with van der Waals surface area (Å²) in [5.41, 5.74) is 0.337. The van der Waals surface area contributed by atoms with Crippen molar-refractivity contribution >= 4 is 11.3 Å². The number of hydrogen-bond donors (Lipinski definition) is 1. The standard InChI is InChI=1S/C13H13F3N2OS/c1-8(17-2)11-7-18-12(20-11)9-5-3-4-6-10(9)19-13(14,15)16/h3-8,17H,1-2H3. The van der Waals surface area contributed by atoms with E-state index < -0.39 is 6.36 Å². The molecular formula is C13H13F3N2OS. The van der Waals surface area contributed by atoms with Gasteiger partial charge in [-0.05, 0) is 26.1 Å². The number of alkyl halides is 3. The van der Waals surface area contributed by atoms with Crippen molar-refractivity contribution in [2.24, 2.45) is 0 Å². The van der Waals surface area contributed by atoms with Gasteiger partial charge in [0.1, 0.15) is 10.8 Å². The van der Waals surface area contributed by atoms with Crippen LogP contribution >= 0.6 is 11.3 Å². The number of aromatic nitrogens is 1. The Kier molecular flexibility index (Phi) is 4.29. The lowest BCUT2D eigenvalue weighted by Gasteiger charge is -2.11. The van der Waals surface area contributed by atoms with Crippen molar-refractivity contribution in [3.8, 4) is 16.3 Å². The summed E-state index contributed by atoms with van der Waals surface area (Å²) < 4.78 is 41.2. The molecule has 1 aromatic heterocycles. The Morgan fingerprint density at radius 3 is 2.65 bits per heavy atom. The summed E-state index contributed by atoms with van der Waals surface area (Å²) in [6.07, 6.45) is -3.06. The second-order valence-electron chi connectivity index (χ2n) is 4.12. The first-order chi connectivity index (χ1) is 9.40. The minimum Gasteiger partial charge on any atom is -0.405 e. The molecule has 0 fully saturated rings. The number of thiazole rings is 1. The predicted octanol–water partition coefficient (Wildman–Crippen LogP) is 3.99. The van der Waals surface area contributed by atoms with Crippen molar-refractivity contribution in [3.05, 3.63) is 35.3 Å². The quantitative estimate of drug-likeness (QED) is 0.927. The van der Waals surface area contributed by atoms with Crippen LogP contribution in [0, 0.1) is 0 Å². The summed E-state index contributed by atoms with van der Waals surface area (Å²) in [5.74, 6) is -0.238. The molecule has 0 saturated carbocycles. The van der Waals surface area contributed by atoms with Crippen LogP contribution in [0.1, 0.15) is 17.8 Å². The van der Waals surface area contributed by atoms with Gasteiger partial charge in [0, 0.05) is 17.1 Å². The Balaban J connectivity index is 2.35. The maximum absolute atomic E-state index is 12.4. The fourth-order valence-electron chi connectivity index (χ4n) is 1.61. The van der Waals surface area contributed by atoms with Gasteiger partial charge in [-0.2, -0.15) is 0 Å². The number of para-hydroxylation sites is 1. The number of hydrogen-bond acceptors (Lipinski definition) is 4. The van der Waals surface area contributed by atoms with Gasteiger partial charge in [0.05, 0.1) is 5.56 Å². The van der Waals surface area contributed by atoms with Gasteiger partial charge in [-0.25, -0.2) is 4.98 Å². The van der Waals surface area contributed by atoms with Gasteiger partial charge in [-0.1, -0.05) is 12.1 Å². The number of benzene rings is 1. The van der Waals surface area contributed by atoms with Crippen LogP contribution in [0.3, 0.4) is 0 Å². The van der Waals surface area contributed by atoms with E-state index in [0.717, 1.165) is 4.88 Å². The summed E-state index contributed by atoms with van der Waals surface area (Å²) >= 11 is 1.34. The Bertz CT molecular complexity index is 583. The average molecular weight is 302 g/mol. The monoisotopic (exact) mass is 302 g/mol. The van der Waals surface area contributed by atoms with E-state index in [0.29, 0.717) is 10.6 Å². The van der Waals surface area contributed by atoms with E-state index in [4.69, 9.17) is 0 Å². The summed E-state index contributed by atoms with van der Waals surface area (Å²) in [6, 6.07) is 6.09. The van der Waals surface area contributed by atoms with E-state index in [1.165, 1.54) is 23.5 Å². The minimum atomic E-state index is -4.71. The molecule has 0 spiro atoms. The molecule has 0 saturated heterocycles. The van der Waals surface area contributed by atoms with Crippen molar-refractivity contribution in [2.45, 2.75) is 19.3 Å². The van der Waals surface area contributed by atoms with Gasteiger partial charge in [-0.15, -0.1) is 24.5 Å². The second kappa shape index (κ2) is 5.80.